The molecule has 0 aliphatic carbocycles. The van der Waals surface area contributed by atoms with Crippen LogP contribution in [0.1, 0.15) is 5.56 Å². The first-order chi connectivity index (χ1) is 10.4. The molecule has 5 heteroatoms. The summed E-state index contributed by atoms with van der Waals surface area (Å²) < 4.78 is 0. The van der Waals surface area contributed by atoms with E-state index in [9.17, 15) is 25.5 Å². The van der Waals surface area contributed by atoms with Gasteiger partial charge in [-0.05, 0) is 34.9 Å². The molecule has 0 fully saturated rings. The van der Waals surface area contributed by atoms with Gasteiger partial charge in [0.2, 0.25) is 17.2 Å². The highest BCUT2D eigenvalue weighted by Crippen LogP contribution is 2.54. The number of phenols is 5. The monoisotopic (exact) mass is 298 g/mol. The molecule has 0 radical (unpaired) electrons. The van der Waals surface area contributed by atoms with E-state index in [4.69, 9.17) is 0 Å². The maximum atomic E-state index is 10.00. The number of aromatic hydroxyl groups is 5. The van der Waals surface area contributed by atoms with Crippen molar-refractivity contribution in [3.8, 4) is 39.9 Å². The lowest BCUT2D eigenvalue weighted by Gasteiger charge is -2.13. The quantitative estimate of drug-likeness (QED) is 0.350. The average Bonchev–Trinajstić information content (AvgIpc) is 2.52. The van der Waals surface area contributed by atoms with Gasteiger partial charge in [-0.2, -0.15) is 0 Å². The first-order valence-corrected chi connectivity index (χ1v) is 6.60. The van der Waals surface area contributed by atoms with Crippen molar-refractivity contribution in [1.29, 1.82) is 0 Å². The highest BCUT2D eigenvalue weighted by Gasteiger charge is 2.24. The van der Waals surface area contributed by atoms with Gasteiger partial charge in [0.15, 0.2) is 11.5 Å². The van der Waals surface area contributed by atoms with Gasteiger partial charge in [-0.25, -0.2) is 0 Å². The molecule has 0 atom stereocenters. The second kappa shape index (κ2) is 4.73. The van der Waals surface area contributed by atoms with Gasteiger partial charge >= 0.3 is 0 Å². The van der Waals surface area contributed by atoms with E-state index >= 15 is 0 Å². The zero-order chi connectivity index (χ0) is 16.0. The minimum Gasteiger partial charge on any atom is -0.504 e. The molecular formula is C17H14O5. The van der Waals surface area contributed by atoms with E-state index in [2.05, 4.69) is 0 Å². The van der Waals surface area contributed by atoms with Gasteiger partial charge in [-0.15, -0.1) is 0 Å². The summed E-state index contributed by atoms with van der Waals surface area (Å²) in [5.74, 6) is -4.11. The molecular weight excluding hydrogens is 284 g/mol. The molecule has 0 saturated heterocycles. The van der Waals surface area contributed by atoms with Crippen molar-refractivity contribution in [1.82, 2.24) is 0 Å². The average molecular weight is 298 g/mol. The van der Waals surface area contributed by atoms with Crippen LogP contribution in [-0.2, 0) is 0 Å². The van der Waals surface area contributed by atoms with Crippen molar-refractivity contribution >= 4 is 10.8 Å². The molecule has 112 valence electrons. The molecule has 3 aromatic rings. The predicted molar refractivity (Wildman–Crippen MR) is 82.4 cm³/mol. The smallest absolute Gasteiger partial charge is 0.208 e. The van der Waals surface area contributed by atoms with E-state index in [1.54, 1.807) is 18.2 Å². The molecule has 5 N–H and O–H groups in total. The summed E-state index contributed by atoms with van der Waals surface area (Å²) in [6.45, 7) is 1.93. The molecule has 3 rings (SSSR count). The van der Waals surface area contributed by atoms with Crippen molar-refractivity contribution in [3.05, 3.63) is 42.0 Å². The highest BCUT2D eigenvalue weighted by atomic mass is 16.4. The molecule has 3 aromatic carbocycles. The van der Waals surface area contributed by atoms with E-state index < -0.39 is 28.7 Å². The van der Waals surface area contributed by atoms with Crippen LogP contribution in [0.4, 0.5) is 0 Å². The molecule has 0 aromatic heterocycles. The molecule has 5 nitrogen and oxygen atoms in total. The van der Waals surface area contributed by atoms with E-state index in [0.717, 1.165) is 16.3 Å². The van der Waals surface area contributed by atoms with E-state index in [0.29, 0.717) is 5.56 Å². The van der Waals surface area contributed by atoms with Crippen LogP contribution in [0, 0.1) is 6.92 Å². The van der Waals surface area contributed by atoms with E-state index in [-0.39, 0.29) is 5.56 Å². The fourth-order valence-corrected chi connectivity index (χ4v) is 2.54. The first kappa shape index (κ1) is 13.9. The largest absolute Gasteiger partial charge is 0.504 e. The van der Waals surface area contributed by atoms with Crippen LogP contribution in [0.5, 0.6) is 28.7 Å². The Balaban J connectivity index is 2.35. The fourth-order valence-electron chi connectivity index (χ4n) is 2.54. The SMILES string of the molecule is Cc1cccc2ccc(-c3c(O)c(O)c(O)c(O)c3O)cc12. The molecule has 22 heavy (non-hydrogen) atoms. The minimum absolute atomic E-state index is 0.141. The summed E-state index contributed by atoms with van der Waals surface area (Å²) in [5.41, 5.74) is 1.27. The van der Waals surface area contributed by atoms with Crippen LogP contribution in [-0.4, -0.2) is 25.5 Å². The first-order valence-electron chi connectivity index (χ1n) is 6.60. The van der Waals surface area contributed by atoms with E-state index in [1.165, 1.54) is 0 Å². The molecule has 0 unspecified atom stereocenters. The minimum atomic E-state index is -0.962. The van der Waals surface area contributed by atoms with Crippen LogP contribution < -0.4 is 0 Å². The standard InChI is InChI=1S/C17H14O5/c1-8-3-2-4-9-5-6-10(7-11(8)9)12-13(18)15(20)17(22)16(21)14(12)19/h2-7,18-22H,1H3. The van der Waals surface area contributed by atoms with Crippen LogP contribution in [0.2, 0.25) is 0 Å². The second-order valence-electron chi connectivity index (χ2n) is 5.13. The fraction of sp³-hybridized carbons (Fsp3) is 0.0588. The van der Waals surface area contributed by atoms with Gasteiger partial charge < -0.3 is 25.5 Å². The summed E-state index contributed by atoms with van der Waals surface area (Å²) in [4.78, 5) is 0. The lowest BCUT2D eigenvalue weighted by molar-refractivity contribution is 0.330. The third kappa shape index (κ3) is 1.87. The maximum absolute atomic E-state index is 10.00. The number of benzene rings is 3. The van der Waals surface area contributed by atoms with E-state index in [1.807, 2.05) is 25.1 Å². The Morgan fingerprint density at radius 3 is 1.91 bits per heavy atom. The van der Waals surface area contributed by atoms with Gasteiger partial charge in [0, 0.05) is 0 Å². The van der Waals surface area contributed by atoms with Crippen LogP contribution in [0.25, 0.3) is 21.9 Å². The van der Waals surface area contributed by atoms with Gasteiger partial charge in [-0.1, -0.05) is 30.3 Å². The summed E-state index contributed by atoms with van der Waals surface area (Å²) in [5, 5.41) is 50.6. The number of fused-ring (bicyclic) bond motifs is 1. The molecule has 0 aliphatic rings. The normalized spacial score (nSPS) is 11.0. The summed E-state index contributed by atoms with van der Waals surface area (Å²) in [7, 11) is 0. The Morgan fingerprint density at radius 1 is 0.682 bits per heavy atom. The van der Waals surface area contributed by atoms with Crippen molar-refractivity contribution in [2.24, 2.45) is 0 Å². The van der Waals surface area contributed by atoms with Gasteiger partial charge in [-0.3, -0.25) is 0 Å². The number of rotatable bonds is 1. The Bertz CT molecular complexity index is 870. The Labute approximate surface area is 126 Å². The van der Waals surface area contributed by atoms with Gasteiger partial charge in [0.1, 0.15) is 0 Å². The third-order valence-corrected chi connectivity index (χ3v) is 3.76. The van der Waals surface area contributed by atoms with Crippen LogP contribution >= 0.6 is 0 Å². The number of hydrogen-bond donors (Lipinski definition) is 5. The molecule has 0 saturated carbocycles. The molecule has 0 spiro atoms. The van der Waals surface area contributed by atoms with Gasteiger partial charge in [0.25, 0.3) is 0 Å². The number of aryl methyl sites for hydroxylation is 1. The zero-order valence-electron chi connectivity index (χ0n) is 11.7. The summed E-state index contributed by atoms with van der Waals surface area (Å²) in [6.07, 6.45) is 0. The highest BCUT2D eigenvalue weighted by molar-refractivity contribution is 5.93. The summed E-state index contributed by atoms with van der Waals surface area (Å²) in [6, 6.07) is 11.0. The summed E-state index contributed by atoms with van der Waals surface area (Å²) >= 11 is 0. The van der Waals surface area contributed by atoms with Crippen molar-refractivity contribution in [3.63, 3.8) is 0 Å². The second-order valence-corrected chi connectivity index (χ2v) is 5.13. The van der Waals surface area contributed by atoms with Crippen molar-refractivity contribution in [2.45, 2.75) is 6.92 Å². The van der Waals surface area contributed by atoms with Crippen molar-refractivity contribution < 1.29 is 25.5 Å². The molecule has 0 aliphatic heterocycles. The zero-order valence-corrected chi connectivity index (χ0v) is 11.7. The number of hydrogen-bond acceptors (Lipinski definition) is 5. The van der Waals surface area contributed by atoms with Crippen LogP contribution in [0.15, 0.2) is 36.4 Å². The molecule has 0 heterocycles. The Kier molecular flexibility index (Phi) is 2.99. The van der Waals surface area contributed by atoms with Crippen molar-refractivity contribution in [2.75, 3.05) is 0 Å². The molecule has 0 bridgehead atoms. The lowest BCUT2D eigenvalue weighted by atomic mass is 9.97. The lowest BCUT2D eigenvalue weighted by Crippen LogP contribution is -1.86. The topological polar surface area (TPSA) is 101 Å². The maximum Gasteiger partial charge on any atom is 0.208 e. The molecule has 0 amide bonds. The van der Waals surface area contributed by atoms with Gasteiger partial charge in [0.05, 0.1) is 5.56 Å². The third-order valence-electron chi connectivity index (χ3n) is 3.76. The number of phenolic OH excluding ortho intramolecular Hbond substituents is 5. The Morgan fingerprint density at radius 2 is 1.27 bits per heavy atom. The predicted octanol–water partition coefficient (Wildman–Crippen LogP) is 3.34. The van der Waals surface area contributed by atoms with Crippen LogP contribution in [0.3, 0.4) is 0 Å². The Hall–Kier alpha value is -3.08.